The van der Waals surface area contributed by atoms with E-state index in [0.717, 1.165) is 17.8 Å². The molecule has 0 aromatic rings. The molecule has 0 spiro atoms. The summed E-state index contributed by atoms with van der Waals surface area (Å²) in [6, 6.07) is 0. The largest absolute Gasteiger partial charge is 0.0654 e. The topological polar surface area (TPSA) is 0 Å². The van der Waals surface area contributed by atoms with Gasteiger partial charge in [-0.2, -0.15) is 0 Å². The van der Waals surface area contributed by atoms with E-state index in [0.29, 0.717) is 0 Å². The van der Waals surface area contributed by atoms with Gasteiger partial charge in [-0.05, 0) is 17.8 Å². The zero-order chi connectivity index (χ0) is 29.4. The van der Waals surface area contributed by atoms with Gasteiger partial charge in [0.05, 0.1) is 0 Å². The Hall–Kier alpha value is 0. The van der Waals surface area contributed by atoms with Crippen LogP contribution in [0.15, 0.2) is 0 Å². The Morgan fingerprint density at radius 1 is 0.200 bits per heavy atom. The molecule has 0 nitrogen and oxygen atoms in total. The van der Waals surface area contributed by atoms with E-state index in [1.165, 1.54) is 205 Å². The van der Waals surface area contributed by atoms with Crippen LogP contribution in [0, 0.1) is 17.8 Å². The summed E-state index contributed by atoms with van der Waals surface area (Å²) in [5.41, 5.74) is 0. The minimum absolute atomic E-state index is 1.01. The van der Waals surface area contributed by atoms with E-state index in [-0.39, 0.29) is 0 Å². The Kier molecular flexibility index (Phi) is 33.5. The number of hydrogen-bond acceptors (Lipinski definition) is 0. The highest BCUT2D eigenvalue weighted by atomic mass is 14.2. The van der Waals surface area contributed by atoms with Crippen LogP contribution < -0.4 is 0 Å². The van der Waals surface area contributed by atoms with Gasteiger partial charge in [-0.15, -0.1) is 0 Å². The van der Waals surface area contributed by atoms with E-state index in [1.54, 1.807) is 0 Å². The summed E-state index contributed by atoms with van der Waals surface area (Å²) in [5, 5.41) is 0. The lowest BCUT2D eigenvalue weighted by atomic mass is 9.84. The molecule has 0 amide bonds. The van der Waals surface area contributed by atoms with Crippen LogP contribution in [0.1, 0.15) is 240 Å². The first kappa shape index (κ1) is 40.0. The molecule has 0 aliphatic carbocycles. The van der Waals surface area contributed by atoms with Gasteiger partial charge in [0, 0.05) is 0 Å². The molecule has 0 bridgehead atoms. The molecular weight excluding hydrogens is 480 g/mol. The van der Waals surface area contributed by atoms with Crippen molar-refractivity contribution in [1.29, 1.82) is 0 Å². The third-order valence-electron chi connectivity index (χ3n) is 10.0. The third kappa shape index (κ3) is 28.1. The lowest BCUT2D eigenvalue weighted by molar-refractivity contribution is 0.314. The van der Waals surface area contributed by atoms with Gasteiger partial charge in [-0.3, -0.25) is 0 Å². The molecule has 0 rings (SSSR count). The number of unbranched alkanes of at least 4 members (excludes halogenated alkanes) is 16. The van der Waals surface area contributed by atoms with Gasteiger partial charge in [-0.25, -0.2) is 0 Å². The van der Waals surface area contributed by atoms with Crippen molar-refractivity contribution in [2.75, 3.05) is 0 Å². The van der Waals surface area contributed by atoms with Gasteiger partial charge in [0.25, 0.3) is 0 Å². The van der Waals surface area contributed by atoms with Gasteiger partial charge in [-0.1, -0.05) is 240 Å². The molecule has 40 heavy (non-hydrogen) atoms. The summed E-state index contributed by atoms with van der Waals surface area (Å²) in [4.78, 5) is 0. The molecule has 0 radical (unpaired) electrons. The zero-order valence-corrected chi connectivity index (χ0v) is 29.4. The summed E-state index contributed by atoms with van der Waals surface area (Å²) in [6.07, 6.45) is 47.1. The van der Waals surface area contributed by atoms with Crippen LogP contribution in [0.2, 0.25) is 0 Å². The average Bonchev–Trinajstić information content (AvgIpc) is 2.95. The lowest BCUT2D eigenvalue weighted by Gasteiger charge is -2.22. The van der Waals surface area contributed by atoms with Gasteiger partial charge < -0.3 is 0 Å². The summed E-state index contributed by atoms with van der Waals surface area (Å²) in [5.74, 6) is 3.06. The van der Waals surface area contributed by atoms with Crippen LogP contribution in [-0.2, 0) is 0 Å². The zero-order valence-electron chi connectivity index (χ0n) is 29.4. The standard InChI is InChI=1S/C40H82/c1-6-11-15-19-23-30-39(31-24-20-16-12-7-2)36-27-34-38(29-10-5)35-28-37-40(32-25-21-17-13-8-3)33-26-22-18-14-9-4/h38-40H,6-37H2,1-5H3. The van der Waals surface area contributed by atoms with E-state index in [2.05, 4.69) is 34.6 Å². The first-order valence-corrected chi connectivity index (χ1v) is 19.7. The van der Waals surface area contributed by atoms with Crippen LogP contribution in [0.5, 0.6) is 0 Å². The quantitative estimate of drug-likeness (QED) is 0.0684. The third-order valence-corrected chi connectivity index (χ3v) is 10.0. The van der Waals surface area contributed by atoms with Crippen molar-refractivity contribution in [3.05, 3.63) is 0 Å². The molecule has 0 aromatic heterocycles. The highest BCUT2D eigenvalue weighted by molar-refractivity contribution is 4.68. The second kappa shape index (κ2) is 33.5. The van der Waals surface area contributed by atoms with Crippen molar-refractivity contribution >= 4 is 0 Å². The second-order valence-corrected chi connectivity index (χ2v) is 14.1. The summed E-state index contributed by atoms with van der Waals surface area (Å²) >= 11 is 0. The number of hydrogen-bond donors (Lipinski definition) is 0. The maximum Gasteiger partial charge on any atom is -0.0414 e. The van der Waals surface area contributed by atoms with Crippen LogP contribution in [0.25, 0.3) is 0 Å². The van der Waals surface area contributed by atoms with Gasteiger partial charge in [0.1, 0.15) is 0 Å². The Labute approximate surface area is 257 Å². The van der Waals surface area contributed by atoms with Gasteiger partial charge in [0.15, 0.2) is 0 Å². The van der Waals surface area contributed by atoms with Crippen molar-refractivity contribution in [3.63, 3.8) is 0 Å². The summed E-state index contributed by atoms with van der Waals surface area (Å²) in [6.45, 7) is 11.8. The molecular formula is C40H82. The van der Waals surface area contributed by atoms with Gasteiger partial charge >= 0.3 is 0 Å². The summed E-state index contributed by atoms with van der Waals surface area (Å²) < 4.78 is 0. The average molecular weight is 563 g/mol. The normalized spacial score (nSPS) is 12.0. The second-order valence-electron chi connectivity index (χ2n) is 14.1. The molecule has 242 valence electrons. The van der Waals surface area contributed by atoms with Crippen LogP contribution in [0.4, 0.5) is 0 Å². The molecule has 0 aliphatic heterocycles. The minimum Gasteiger partial charge on any atom is -0.0654 e. The fourth-order valence-corrected chi connectivity index (χ4v) is 7.24. The van der Waals surface area contributed by atoms with Crippen molar-refractivity contribution in [3.8, 4) is 0 Å². The van der Waals surface area contributed by atoms with Crippen molar-refractivity contribution in [2.24, 2.45) is 17.8 Å². The van der Waals surface area contributed by atoms with E-state index in [9.17, 15) is 0 Å². The molecule has 0 aromatic carbocycles. The monoisotopic (exact) mass is 563 g/mol. The summed E-state index contributed by atoms with van der Waals surface area (Å²) in [7, 11) is 0. The molecule has 0 heterocycles. The predicted octanol–water partition coefficient (Wildman–Crippen LogP) is 15.4. The Morgan fingerprint density at radius 2 is 0.425 bits per heavy atom. The van der Waals surface area contributed by atoms with Gasteiger partial charge in [0.2, 0.25) is 0 Å². The van der Waals surface area contributed by atoms with E-state index in [4.69, 9.17) is 0 Å². The van der Waals surface area contributed by atoms with E-state index >= 15 is 0 Å². The van der Waals surface area contributed by atoms with Crippen molar-refractivity contribution in [1.82, 2.24) is 0 Å². The van der Waals surface area contributed by atoms with Crippen LogP contribution >= 0.6 is 0 Å². The first-order chi connectivity index (χ1) is 19.7. The highest BCUT2D eigenvalue weighted by Gasteiger charge is 2.14. The maximum absolute atomic E-state index is 2.43. The molecule has 0 saturated carbocycles. The van der Waals surface area contributed by atoms with Crippen molar-refractivity contribution in [2.45, 2.75) is 240 Å². The molecule has 0 heteroatoms. The van der Waals surface area contributed by atoms with E-state index < -0.39 is 0 Å². The minimum atomic E-state index is 1.01. The Balaban J connectivity index is 4.53. The number of rotatable bonds is 34. The molecule has 0 aliphatic rings. The molecule has 0 unspecified atom stereocenters. The molecule has 0 saturated heterocycles. The highest BCUT2D eigenvalue weighted by Crippen LogP contribution is 2.30. The lowest BCUT2D eigenvalue weighted by Crippen LogP contribution is -2.07. The fraction of sp³-hybridized carbons (Fsp3) is 1.00. The molecule has 0 atom stereocenters. The smallest absolute Gasteiger partial charge is 0.0414 e. The first-order valence-electron chi connectivity index (χ1n) is 19.7. The maximum atomic E-state index is 2.43. The fourth-order valence-electron chi connectivity index (χ4n) is 7.24. The van der Waals surface area contributed by atoms with Crippen molar-refractivity contribution < 1.29 is 0 Å². The van der Waals surface area contributed by atoms with E-state index in [1.807, 2.05) is 0 Å². The molecule has 0 N–H and O–H groups in total. The predicted molar refractivity (Wildman–Crippen MR) is 187 cm³/mol. The SMILES string of the molecule is CCCCCCCC(CCCCCCC)CCCC(CCC)CCCC(CCCCCCC)CCCCCCC. The Morgan fingerprint density at radius 3 is 0.675 bits per heavy atom. The van der Waals surface area contributed by atoms with Crippen LogP contribution in [0.3, 0.4) is 0 Å². The van der Waals surface area contributed by atoms with Crippen LogP contribution in [-0.4, -0.2) is 0 Å². The molecule has 0 fully saturated rings. The Bertz CT molecular complexity index is 373.